The number of hydrogen-bond donors (Lipinski definition) is 1. The molecule has 0 aliphatic heterocycles. The average molecular weight is 418 g/mol. The average Bonchev–Trinajstić information content (AvgIpc) is 3.06. The number of hydrogen-bond acceptors (Lipinski definition) is 5. The largest absolute Gasteiger partial charge is 0.325 e. The van der Waals surface area contributed by atoms with Crippen LogP contribution in [-0.2, 0) is 4.79 Å². The molecule has 0 spiro atoms. The Hall–Kier alpha value is -2.19. The van der Waals surface area contributed by atoms with Crippen LogP contribution in [0.4, 0.5) is 5.69 Å². The van der Waals surface area contributed by atoms with Crippen molar-refractivity contribution < 1.29 is 4.79 Å². The van der Waals surface area contributed by atoms with E-state index < -0.39 is 0 Å². The molecule has 2 aromatic carbocycles. The molecule has 1 amide bonds. The van der Waals surface area contributed by atoms with E-state index in [1.807, 2.05) is 49.4 Å². The molecule has 3 aromatic rings. The van der Waals surface area contributed by atoms with E-state index in [1.54, 1.807) is 4.68 Å². The van der Waals surface area contributed by atoms with Gasteiger partial charge in [0.15, 0.2) is 0 Å². The number of amides is 1. The molecule has 0 aliphatic carbocycles. The first-order valence-electron chi connectivity index (χ1n) is 7.57. The molecule has 1 N–H and O–H groups in total. The second-order valence-electron chi connectivity index (χ2n) is 5.49. The van der Waals surface area contributed by atoms with Gasteiger partial charge >= 0.3 is 0 Å². The monoisotopic (exact) mass is 417 g/mol. The lowest BCUT2D eigenvalue weighted by atomic mass is 10.1. The molecule has 3 rings (SSSR count). The van der Waals surface area contributed by atoms with E-state index in [1.165, 1.54) is 17.3 Å². The first-order chi connectivity index (χ1) is 12.0. The maximum Gasteiger partial charge on any atom is 0.234 e. The van der Waals surface area contributed by atoms with Gasteiger partial charge in [0.25, 0.3) is 0 Å². The Morgan fingerprint density at radius 3 is 2.64 bits per heavy atom. The van der Waals surface area contributed by atoms with Gasteiger partial charge in [0.1, 0.15) is 0 Å². The summed E-state index contributed by atoms with van der Waals surface area (Å²) in [5, 5.41) is 15.2. The minimum Gasteiger partial charge on any atom is -0.325 e. The molecular formula is C17H16BrN5OS. The SMILES string of the molecule is Cc1ccc(-n2nnnc2SCC(=O)Nc2ccc(Br)cc2)cc1C. The third-order valence-electron chi connectivity index (χ3n) is 3.64. The minimum absolute atomic E-state index is 0.109. The Balaban J connectivity index is 1.66. The smallest absolute Gasteiger partial charge is 0.234 e. The van der Waals surface area contributed by atoms with Crippen molar-refractivity contribution in [1.82, 2.24) is 20.2 Å². The van der Waals surface area contributed by atoms with Crippen molar-refractivity contribution in [2.24, 2.45) is 0 Å². The number of carbonyl (C=O) groups is 1. The maximum atomic E-state index is 12.1. The Kier molecular flexibility index (Phi) is 5.50. The summed E-state index contributed by atoms with van der Waals surface area (Å²) in [6, 6.07) is 13.5. The number of carbonyl (C=O) groups excluding carboxylic acids is 1. The molecule has 1 aromatic heterocycles. The topological polar surface area (TPSA) is 72.7 Å². The summed E-state index contributed by atoms with van der Waals surface area (Å²) in [7, 11) is 0. The molecule has 0 aliphatic rings. The van der Waals surface area contributed by atoms with E-state index >= 15 is 0 Å². The number of benzene rings is 2. The highest BCUT2D eigenvalue weighted by atomic mass is 79.9. The lowest BCUT2D eigenvalue weighted by molar-refractivity contribution is -0.113. The fourth-order valence-electron chi connectivity index (χ4n) is 2.15. The van der Waals surface area contributed by atoms with Crippen LogP contribution in [0, 0.1) is 13.8 Å². The van der Waals surface area contributed by atoms with Crippen molar-refractivity contribution in [1.29, 1.82) is 0 Å². The number of aryl methyl sites for hydroxylation is 2. The van der Waals surface area contributed by atoms with Gasteiger partial charge in [0, 0.05) is 10.2 Å². The van der Waals surface area contributed by atoms with Gasteiger partial charge in [-0.1, -0.05) is 33.8 Å². The third kappa shape index (κ3) is 4.46. The second-order valence-corrected chi connectivity index (χ2v) is 7.34. The van der Waals surface area contributed by atoms with Crippen molar-refractivity contribution in [3.8, 4) is 5.69 Å². The number of rotatable bonds is 5. The number of tetrazole rings is 1. The molecule has 0 fully saturated rings. The van der Waals surface area contributed by atoms with Crippen molar-refractivity contribution >= 4 is 39.3 Å². The van der Waals surface area contributed by atoms with Gasteiger partial charge in [0.2, 0.25) is 11.1 Å². The van der Waals surface area contributed by atoms with Crippen molar-refractivity contribution in [3.05, 3.63) is 58.1 Å². The van der Waals surface area contributed by atoms with E-state index in [9.17, 15) is 4.79 Å². The second kappa shape index (κ2) is 7.79. The van der Waals surface area contributed by atoms with E-state index in [2.05, 4.69) is 43.7 Å². The van der Waals surface area contributed by atoms with Gasteiger partial charge in [-0.2, -0.15) is 4.68 Å². The molecular weight excluding hydrogens is 402 g/mol. The molecule has 1 heterocycles. The van der Waals surface area contributed by atoms with Crippen LogP contribution in [0.1, 0.15) is 11.1 Å². The van der Waals surface area contributed by atoms with E-state index in [0.717, 1.165) is 21.4 Å². The predicted octanol–water partition coefficient (Wildman–Crippen LogP) is 3.77. The molecule has 0 saturated heterocycles. The van der Waals surface area contributed by atoms with Crippen molar-refractivity contribution in [2.45, 2.75) is 19.0 Å². The number of halogens is 1. The first-order valence-corrected chi connectivity index (χ1v) is 9.35. The van der Waals surface area contributed by atoms with Crippen LogP contribution in [0.3, 0.4) is 0 Å². The highest BCUT2D eigenvalue weighted by molar-refractivity contribution is 9.10. The molecule has 8 heteroatoms. The van der Waals surface area contributed by atoms with Crippen LogP contribution in [-0.4, -0.2) is 31.9 Å². The van der Waals surface area contributed by atoms with E-state index in [0.29, 0.717) is 5.16 Å². The Morgan fingerprint density at radius 2 is 1.92 bits per heavy atom. The van der Waals surface area contributed by atoms with Gasteiger partial charge in [-0.15, -0.1) is 5.10 Å². The summed E-state index contributed by atoms with van der Waals surface area (Å²) in [4.78, 5) is 12.1. The Labute approximate surface area is 158 Å². The molecule has 6 nitrogen and oxygen atoms in total. The Morgan fingerprint density at radius 1 is 1.16 bits per heavy atom. The summed E-state index contributed by atoms with van der Waals surface area (Å²) in [6.07, 6.45) is 0. The Bertz CT molecular complexity index is 894. The highest BCUT2D eigenvalue weighted by Crippen LogP contribution is 2.21. The van der Waals surface area contributed by atoms with Crippen LogP contribution in [0.2, 0.25) is 0 Å². The first kappa shape index (κ1) is 17.6. The van der Waals surface area contributed by atoms with Gasteiger partial charge in [-0.05, 0) is 71.8 Å². The van der Waals surface area contributed by atoms with Gasteiger partial charge < -0.3 is 5.32 Å². The van der Waals surface area contributed by atoms with E-state index in [-0.39, 0.29) is 11.7 Å². The molecule has 0 bridgehead atoms. The number of nitrogens with one attached hydrogen (secondary N) is 1. The molecule has 0 atom stereocenters. The summed E-state index contributed by atoms with van der Waals surface area (Å²) in [6.45, 7) is 4.10. The minimum atomic E-state index is -0.109. The maximum absolute atomic E-state index is 12.1. The van der Waals surface area contributed by atoms with Gasteiger partial charge in [0.05, 0.1) is 11.4 Å². The summed E-state index contributed by atoms with van der Waals surface area (Å²) in [5.74, 6) is 0.114. The van der Waals surface area contributed by atoms with Gasteiger partial charge in [-0.3, -0.25) is 4.79 Å². The lowest BCUT2D eigenvalue weighted by Crippen LogP contribution is -2.14. The molecule has 0 saturated carbocycles. The predicted molar refractivity (Wildman–Crippen MR) is 102 cm³/mol. The van der Waals surface area contributed by atoms with Crippen LogP contribution in [0.15, 0.2) is 52.1 Å². The zero-order chi connectivity index (χ0) is 17.8. The normalized spacial score (nSPS) is 10.7. The fourth-order valence-corrected chi connectivity index (χ4v) is 3.10. The van der Waals surface area contributed by atoms with Crippen molar-refractivity contribution in [3.63, 3.8) is 0 Å². The number of aromatic nitrogens is 4. The summed E-state index contributed by atoms with van der Waals surface area (Å²) in [5.41, 5.74) is 4.00. The number of anilines is 1. The standard InChI is InChI=1S/C17H16BrN5OS/c1-11-3-8-15(9-12(11)2)23-17(20-21-22-23)25-10-16(24)19-14-6-4-13(18)5-7-14/h3-9H,10H2,1-2H3,(H,19,24). The summed E-state index contributed by atoms with van der Waals surface area (Å²) >= 11 is 4.66. The van der Waals surface area contributed by atoms with Crippen LogP contribution in [0.5, 0.6) is 0 Å². The van der Waals surface area contributed by atoms with Gasteiger partial charge in [-0.25, -0.2) is 0 Å². The van der Waals surface area contributed by atoms with E-state index in [4.69, 9.17) is 0 Å². The lowest BCUT2D eigenvalue weighted by Gasteiger charge is -2.07. The summed E-state index contributed by atoms with van der Waals surface area (Å²) < 4.78 is 2.61. The number of nitrogens with zero attached hydrogens (tertiary/aromatic N) is 4. The number of thioether (sulfide) groups is 1. The van der Waals surface area contributed by atoms with Crippen LogP contribution >= 0.6 is 27.7 Å². The zero-order valence-electron chi connectivity index (χ0n) is 13.7. The van der Waals surface area contributed by atoms with Crippen LogP contribution < -0.4 is 5.32 Å². The zero-order valence-corrected chi connectivity index (χ0v) is 16.1. The van der Waals surface area contributed by atoms with Crippen LogP contribution in [0.25, 0.3) is 5.69 Å². The fraction of sp³-hybridized carbons (Fsp3) is 0.176. The highest BCUT2D eigenvalue weighted by Gasteiger charge is 2.12. The molecule has 128 valence electrons. The molecule has 25 heavy (non-hydrogen) atoms. The molecule has 0 unspecified atom stereocenters. The molecule has 0 radical (unpaired) electrons. The third-order valence-corrected chi connectivity index (χ3v) is 5.08. The van der Waals surface area contributed by atoms with Crippen molar-refractivity contribution in [2.75, 3.05) is 11.1 Å². The quantitative estimate of drug-likeness (QED) is 0.639.